The summed E-state index contributed by atoms with van der Waals surface area (Å²) < 4.78 is 32.6. The van der Waals surface area contributed by atoms with Crippen LogP contribution in [0.3, 0.4) is 0 Å². The molecule has 0 bridgehead atoms. The number of carbonyl (C=O) groups is 1. The lowest BCUT2D eigenvalue weighted by molar-refractivity contribution is -0.134. The first kappa shape index (κ1) is 17.9. The molecule has 0 saturated heterocycles. The van der Waals surface area contributed by atoms with Gasteiger partial charge in [-0.3, -0.25) is 10.0 Å². The average Bonchev–Trinajstić information content (AvgIpc) is 3.09. The third kappa shape index (κ3) is 3.04. The molecule has 2 heterocycles. The minimum Gasteiger partial charge on any atom is -0.497 e. The van der Waals surface area contributed by atoms with Crippen LogP contribution in [0, 0.1) is 0 Å². The van der Waals surface area contributed by atoms with Crippen molar-refractivity contribution < 1.29 is 23.2 Å². The average molecular weight is 382 g/mol. The Hall–Kier alpha value is -1.94. The molecule has 3 rings (SSSR count). The molecule has 25 heavy (non-hydrogen) atoms. The van der Waals surface area contributed by atoms with Crippen molar-refractivity contribution in [3.8, 4) is 5.75 Å². The number of carbonyl (C=O) groups excluding carboxylic acids is 1. The lowest BCUT2D eigenvalue weighted by Crippen LogP contribution is -2.53. The van der Waals surface area contributed by atoms with E-state index in [9.17, 15) is 13.2 Å². The summed E-state index contributed by atoms with van der Waals surface area (Å²) in [6.45, 7) is 1.74. The van der Waals surface area contributed by atoms with Crippen molar-refractivity contribution in [3.63, 3.8) is 0 Å². The fourth-order valence-corrected chi connectivity index (χ4v) is 5.86. The molecule has 2 atom stereocenters. The normalized spacial score (nSPS) is 20.8. The van der Waals surface area contributed by atoms with Crippen molar-refractivity contribution in [1.82, 2.24) is 9.79 Å². The molecule has 1 amide bonds. The molecular formula is C16H18N2O5S2. The number of hydroxylamine groups is 1. The summed E-state index contributed by atoms with van der Waals surface area (Å²) in [5, 5.41) is 10.9. The third-order valence-electron chi connectivity index (χ3n) is 4.35. The maximum Gasteiger partial charge on any atom is 0.262 e. The van der Waals surface area contributed by atoms with Crippen molar-refractivity contribution in [3.05, 3.63) is 46.2 Å². The lowest BCUT2D eigenvalue weighted by atomic mass is 9.98. The van der Waals surface area contributed by atoms with Gasteiger partial charge in [0.15, 0.2) is 0 Å². The first-order chi connectivity index (χ1) is 11.9. The van der Waals surface area contributed by atoms with Crippen LogP contribution in [-0.2, 0) is 21.2 Å². The molecule has 1 aromatic heterocycles. The highest BCUT2D eigenvalue weighted by molar-refractivity contribution is 7.89. The number of nitrogens with zero attached hydrogens (tertiary/aromatic N) is 1. The number of benzene rings is 1. The quantitative estimate of drug-likeness (QED) is 0.622. The van der Waals surface area contributed by atoms with Gasteiger partial charge in [0, 0.05) is 17.3 Å². The van der Waals surface area contributed by atoms with Gasteiger partial charge in [0.05, 0.1) is 12.0 Å². The molecule has 0 aliphatic carbocycles. The smallest absolute Gasteiger partial charge is 0.262 e. The first-order valence-corrected chi connectivity index (χ1v) is 9.90. The van der Waals surface area contributed by atoms with Crippen LogP contribution in [-0.4, -0.2) is 37.0 Å². The Morgan fingerprint density at radius 1 is 1.32 bits per heavy atom. The highest BCUT2D eigenvalue weighted by atomic mass is 32.2. The van der Waals surface area contributed by atoms with Crippen LogP contribution < -0.4 is 10.2 Å². The van der Waals surface area contributed by atoms with Gasteiger partial charge in [-0.25, -0.2) is 13.9 Å². The summed E-state index contributed by atoms with van der Waals surface area (Å²) in [6.07, 6.45) is 0.221. The number of nitrogens with one attached hydrogen (secondary N) is 1. The number of rotatable bonds is 4. The zero-order valence-electron chi connectivity index (χ0n) is 13.7. The lowest BCUT2D eigenvalue weighted by Gasteiger charge is -2.38. The molecule has 2 N–H and O–H groups in total. The number of hydrogen-bond donors (Lipinski definition) is 2. The van der Waals surface area contributed by atoms with Crippen molar-refractivity contribution >= 4 is 27.3 Å². The summed E-state index contributed by atoms with van der Waals surface area (Å²) >= 11 is 1.47. The van der Waals surface area contributed by atoms with Crippen LogP contribution in [0.5, 0.6) is 5.75 Å². The zero-order chi connectivity index (χ0) is 18.2. The first-order valence-electron chi connectivity index (χ1n) is 7.58. The molecule has 2 aromatic rings. The van der Waals surface area contributed by atoms with Gasteiger partial charge < -0.3 is 4.74 Å². The van der Waals surface area contributed by atoms with Gasteiger partial charge in [-0.15, -0.1) is 11.3 Å². The number of thiophene rings is 1. The minimum atomic E-state index is -3.95. The Balaban J connectivity index is 2.08. The third-order valence-corrected chi connectivity index (χ3v) is 7.30. The van der Waals surface area contributed by atoms with Crippen LogP contribution in [0.2, 0.25) is 0 Å². The van der Waals surface area contributed by atoms with E-state index in [-0.39, 0.29) is 11.3 Å². The molecule has 9 heteroatoms. The van der Waals surface area contributed by atoms with E-state index < -0.39 is 28.0 Å². The van der Waals surface area contributed by atoms with Crippen LogP contribution in [0.1, 0.15) is 23.4 Å². The van der Waals surface area contributed by atoms with Crippen LogP contribution in [0.25, 0.3) is 0 Å². The number of fused-ring (bicyclic) bond motifs is 1. The van der Waals surface area contributed by atoms with Crippen LogP contribution >= 0.6 is 11.3 Å². The van der Waals surface area contributed by atoms with Gasteiger partial charge in [0.25, 0.3) is 5.91 Å². The fourth-order valence-electron chi connectivity index (χ4n) is 3.09. The SMILES string of the molecule is COc1ccc(S(=O)(=O)N2[C@H](C(=O)NO)Cc3sccc3[C@@H]2C)cc1. The molecule has 0 spiro atoms. The van der Waals surface area contributed by atoms with Crippen LogP contribution in [0.15, 0.2) is 40.6 Å². The molecule has 0 unspecified atom stereocenters. The molecule has 1 aliphatic heterocycles. The van der Waals surface area contributed by atoms with Crippen molar-refractivity contribution in [2.45, 2.75) is 30.3 Å². The van der Waals surface area contributed by atoms with Gasteiger partial charge in [-0.05, 0) is 48.2 Å². The number of amides is 1. The highest BCUT2D eigenvalue weighted by Crippen LogP contribution is 2.39. The van der Waals surface area contributed by atoms with Crippen molar-refractivity contribution in [2.75, 3.05) is 7.11 Å². The monoisotopic (exact) mass is 382 g/mol. The highest BCUT2D eigenvalue weighted by Gasteiger charge is 2.44. The second-order valence-electron chi connectivity index (χ2n) is 5.68. The maximum absolute atomic E-state index is 13.2. The number of sulfonamides is 1. The predicted molar refractivity (Wildman–Crippen MR) is 92.2 cm³/mol. The fraction of sp³-hybridized carbons (Fsp3) is 0.312. The molecule has 7 nitrogen and oxygen atoms in total. The molecule has 134 valence electrons. The van der Waals surface area contributed by atoms with Gasteiger partial charge in [-0.2, -0.15) is 4.31 Å². The van der Waals surface area contributed by atoms with E-state index >= 15 is 0 Å². The second kappa shape index (κ2) is 6.75. The number of ether oxygens (including phenoxy) is 1. The molecule has 0 radical (unpaired) electrons. The topological polar surface area (TPSA) is 95.9 Å². The van der Waals surface area contributed by atoms with E-state index in [4.69, 9.17) is 9.94 Å². The Bertz CT molecular complexity index is 876. The molecule has 1 aliphatic rings. The summed E-state index contributed by atoms with van der Waals surface area (Å²) in [7, 11) is -2.45. The van der Waals surface area contributed by atoms with Gasteiger partial charge >= 0.3 is 0 Å². The largest absolute Gasteiger partial charge is 0.497 e. The van der Waals surface area contributed by atoms with E-state index in [2.05, 4.69) is 0 Å². The molecular weight excluding hydrogens is 364 g/mol. The van der Waals surface area contributed by atoms with Gasteiger partial charge in [0.2, 0.25) is 10.0 Å². The van der Waals surface area contributed by atoms with Gasteiger partial charge in [0.1, 0.15) is 11.8 Å². The Kier molecular flexibility index (Phi) is 4.83. The summed E-state index contributed by atoms with van der Waals surface area (Å²) in [6, 6.07) is 6.32. The number of methoxy groups -OCH3 is 1. The standard InChI is InChI=1S/C16H18N2O5S2/c1-10-13-7-8-24-15(13)9-14(16(19)17-20)18(10)25(21,22)12-5-3-11(23-2)4-6-12/h3-8,10,14,20H,9H2,1-2H3,(H,17,19)/t10-,14-/m0/s1. The molecule has 0 fully saturated rings. The van der Waals surface area contributed by atoms with E-state index in [0.29, 0.717) is 5.75 Å². The van der Waals surface area contributed by atoms with Crippen molar-refractivity contribution in [1.29, 1.82) is 0 Å². The molecule has 0 saturated carbocycles. The summed E-state index contributed by atoms with van der Waals surface area (Å²) in [4.78, 5) is 13.2. The second-order valence-corrected chi connectivity index (χ2v) is 8.53. The van der Waals surface area contributed by atoms with E-state index in [1.165, 1.54) is 30.6 Å². The summed E-state index contributed by atoms with van der Waals surface area (Å²) in [5.41, 5.74) is 2.47. The maximum atomic E-state index is 13.2. The summed E-state index contributed by atoms with van der Waals surface area (Å²) in [5.74, 6) is -0.210. The Labute approximate surface area is 149 Å². The Morgan fingerprint density at radius 2 is 2.00 bits per heavy atom. The van der Waals surface area contributed by atoms with E-state index in [0.717, 1.165) is 14.7 Å². The minimum absolute atomic E-state index is 0.0644. The van der Waals surface area contributed by atoms with Crippen molar-refractivity contribution in [2.24, 2.45) is 0 Å². The van der Waals surface area contributed by atoms with E-state index in [1.807, 2.05) is 11.4 Å². The molecule has 1 aromatic carbocycles. The van der Waals surface area contributed by atoms with E-state index in [1.54, 1.807) is 24.5 Å². The number of hydrogen-bond acceptors (Lipinski definition) is 6. The van der Waals surface area contributed by atoms with Crippen LogP contribution in [0.4, 0.5) is 0 Å². The van der Waals surface area contributed by atoms with Gasteiger partial charge in [-0.1, -0.05) is 0 Å². The zero-order valence-corrected chi connectivity index (χ0v) is 15.3. The predicted octanol–water partition coefficient (Wildman–Crippen LogP) is 1.94. The Morgan fingerprint density at radius 3 is 2.60 bits per heavy atom.